The molecule has 0 saturated carbocycles. The number of carbonyl (C=O) groups excluding carboxylic acids is 1. The second kappa shape index (κ2) is 4.11. The lowest BCUT2D eigenvalue weighted by molar-refractivity contribution is -0.129. The van der Waals surface area contributed by atoms with Crippen LogP contribution >= 0.6 is 11.8 Å². The fourth-order valence-corrected chi connectivity index (χ4v) is 3.48. The van der Waals surface area contributed by atoms with E-state index in [1.54, 1.807) is 0 Å². The maximum Gasteiger partial charge on any atom is 0.240 e. The van der Waals surface area contributed by atoms with Gasteiger partial charge < -0.3 is 4.90 Å². The molecule has 14 heavy (non-hydrogen) atoms. The van der Waals surface area contributed by atoms with E-state index in [9.17, 15) is 4.79 Å². The summed E-state index contributed by atoms with van der Waals surface area (Å²) in [5.74, 6) is 1.54. The van der Waals surface area contributed by atoms with Crippen LogP contribution in [0, 0.1) is 0 Å². The minimum Gasteiger partial charge on any atom is -0.325 e. The molecule has 0 bridgehead atoms. The number of hydrogen-bond donors (Lipinski definition) is 1. The molecule has 0 aliphatic carbocycles. The molecule has 4 heteroatoms. The van der Waals surface area contributed by atoms with E-state index in [1.807, 2.05) is 23.6 Å². The average molecular weight is 214 g/mol. The van der Waals surface area contributed by atoms with Gasteiger partial charge in [0.15, 0.2) is 0 Å². The van der Waals surface area contributed by atoms with Crippen LogP contribution in [0.1, 0.15) is 26.7 Å². The lowest BCUT2D eigenvalue weighted by Gasteiger charge is -2.23. The fraction of sp³-hybridized carbons (Fsp3) is 0.900. The molecule has 0 aromatic rings. The van der Waals surface area contributed by atoms with Crippen molar-refractivity contribution < 1.29 is 4.79 Å². The summed E-state index contributed by atoms with van der Waals surface area (Å²) < 4.78 is 0. The first-order chi connectivity index (χ1) is 6.68. The third kappa shape index (κ3) is 1.91. The second-order valence-electron chi connectivity index (χ2n) is 4.19. The molecular weight excluding hydrogens is 196 g/mol. The smallest absolute Gasteiger partial charge is 0.240 e. The second-order valence-corrected chi connectivity index (χ2v) is 5.60. The molecule has 1 N–H and O–H groups in total. The first-order valence-corrected chi connectivity index (χ1v) is 6.41. The molecule has 0 aromatic heterocycles. The SMILES string of the molecule is CC1NC(C)N(CC2CCCS2)C1=O. The lowest BCUT2D eigenvalue weighted by Crippen LogP contribution is -2.38. The van der Waals surface area contributed by atoms with Crippen molar-refractivity contribution in [3.8, 4) is 0 Å². The molecule has 2 fully saturated rings. The van der Waals surface area contributed by atoms with Gasteiger partial charge in [-0.25, -0.2) is 0 Å². The molecule has 0 aromatic carbocycles. The van der Waals surface area contributed by atoms with Gasteiger partial charge in [-0.3, -0.25) is 10.1 Å². The molecule has 2 saturated heterocycles. The number of nitrogens with one attached hydrogen (secondary N) is 1. The molecule has 1 amide bonds. The highest BCUT2D eigenvalue weighted by atomic mass is 32.2. The molecule has 2 aliphatic heterocycles. The minimum atomic E-state index is 0.0106. The van der Waals surface area contributed by atoms with Crippen molar-refractivity contribution >= 4 is 17.7 Å². The van der Waals surface area contributed by atoms with E-state index in [-0.39, 0.29) is 18.1 Å². The van der Waals surface area contributed by atoms with Gasteiger partial charge in [0.1, 0.15) is 0 Å². The Kier molecular flexibility index (Phi) is 3.02. The number of nitrogens with zero attached hydrogens (tertiary/aromatic N) is 1. The number of thioether (sulfide) groups is 1. The van der Waals surface area contributed by atoms with Crippen LogP contribution in [0.2, 0.25) is 0 Å². The number of carbonyl (C=O) groups is 1. The molecule has 80 valence electrons. The van der Waals surface area contributed by atoms with Gasteiger partial charge >= 0.3 is 0 Å². The highest BCUT2D eigenvalue weighted by Gasteiger charge is 2.35. The summed E-state index contributed by atoms with van der Waals surface area (Å²) in [6, 6.07) is 0.0106. The monoisotopic (exact) mass is 214 g/mol. The predicted octanol–water partition coefficient (Wildman–Crippen LogP) is 1.05. The number of amides is 1. The van der Waals surface area contributed by atoms with E-state index in [2.05, 4.69) is 12.2 Å². The minimum absolute atomic E-state index is 0.0106. The summed E-state index contributed by atoms with van der Waals surface area (Å²) in [4.78, 5) is 13.8. The van der Waals surface area contributed by atoms with Gasteiger partial charge in [-0.1, -0.05) is 0 Å². The largest absolute Gasteiger partial charge is 0.325 e. The lowest BCUT2D eigenvalue weighted by atomic mass is 10.2. The summed E-state index contributed by atoms with van der Waals surface area (Å²) in [6.45, 7) is 4.95. The maximum atomic E-state index is 11.8. The molecule has 2 rings (SSSR count). The molecule has 3 unspecified atom stereocenters. The van der Waals surface area contributed by atoms with Crippen molar-refractivity contribution in [3.05, 3.63) is 0 Å². The zero-order valence-corrected chi connectivity index (χ0v) is 9.64. The first-order valence-electron chi connectivity index (χ1n) is 5.36. The van der Waals surface area contributed by atoms with Gasteiger partial charge in [0.25, 0.3) is 0 Å². The molecule has 3 atom stereocenters. The predicted molar refractivity (Wildman–Crippen MR) is 59.3 cm³/mol. The van der Waals surface area contributed by atoms with Crippen molar-refractivity contribution in [3.63, 3.8) is 0 Å². The van der Waals surface area contributed by atoms with E-state index in [4.69, 9.17) is 0 Å². The van der Waals surface area contributed by atoms with Crippen LogP contribution in [0.25, 0.3) is 0 Å². The third-order valence-electron chi connectivity index (χ3n) is 3.04. The van der Waals surface area contributed by atoms with E-state index in [0.717, 1.165) is 6.54 Å². The van der Waals surface area contributed by atoms with Gasteiger partial charge in [0, 0.05) is 11.8 Å². The highest BCUT2D eigenvalue weighted by Crippen LogP contribution is 2.28. The van der Waals surface area contributed by atoms with E-state index in [1.165, 1.54) is 18.6 Å². The van der Waals surface area contributed by atoms with Crippen LogP contribution in [0.5, 0.6) is 0 Å². The topological polar surface area (TPSA) is 32.3 Å². The van der Waals surface area contributed by atoms with Crippen LogP contribution in [-0.2, 0) is 4.79 Å². The maximum absolute atomic E-state index is 11.8. The zero-order chi connectivity index (χ0) is 10.1. The molecule has 2 heterocycles. The van der Waals surface area contributed by atoms with Crippen LogP contribution in [0.15, 0.2) is 0 Å². The van der Waals surface area contributed by atoms with Crippen LogP contribution in [0.3, 0.4) is 0 Å². The van der Waals surface area contributed by atoms with Crippen molar-refractivity contribution in [1.29, 1.82) is 0 Å². The summed E-state index contributed by atoms with van der Waals surface area (Å²) in [6.07, 6.45) is 2.81. The molecular formula is C10H18N2OS. The van der Waals surface area contributed by atoms with Gasteiger partial charge in [-0.2, -0.15) is 11.8 Å². The summed E-state index contributed by atoms with van der Waals surface area (Å²) in [5, 5.41) is 3.93. The Morgan fingerprint density at radius 2 is 2.36 bits per heavy atom. The van der Waals surface area contributed by atoms with E-state index >= 15 is 0 Å². The Hall–Kier alpha value is -0.220. The molecule has 3 nitrogen and oxygen atoms in total. The van der Waals surface area contributed by atoms with E-state index in [0.29, 0.717) is 5.25 Å². The summed E-state index contributed by atoms with van der Waals surface area (Å²) >= 11 is 2.01. The van der Waals surface area contributed by atoms with Crippen molar-refractivity contribution in [2.45, 2.75) is 44.1 Å². The Labute approximate surface area is 89.6 Å². The third-order valence-corrected chi connectivity index (χ3v) is 4.42. The van der Waals surface area contributed by atoms with Crippen LogP contribution in [-0.4, -0.2) is 40.6 Å². The Morgan fingerprint density at radius 1 is 1.57 bits per heavy atom. The van der Waals surface area contributed by atoms with Crippen molar-refractivity contribution in [2.24, 2.45) is 0 Å². The van der Waals surface area contributed by atoms with Crippen LogP contribution < -0.4 is 5.32 Å². The quantitative estimate of drug-likeness (QED) is 0.745. The van der Waals surface area contributed by atoms with Gasteiger partial charge in [-0.15, -0.1) is 0 Å². The first kappa shape index (κ1) is 10.3. The summed E-state index contributed by atoms with van der Waals surface area (Å²) in [5.41, 5.74) is 0. The summed E-state index contributed by atoms with van der Waals surface area (Å²) in [7, 11) is 0. The van der Waals surface area contributed by atoms with Gasteiger partial charge in [0.05, 0.1) is 12.2 Å². The Balaban J connectivity index is 1.92. The van der Waals surface area contributed by atoms with Gasteiger partial charge in [-0.05, 0) is 32.4 Å². The average Bonchev–Trinajstić information content (AvgIpc) is 2.71. The van der Waals surface area contributed by atoms with Crippen LogP contribution in [0.4, 0.5) is 0 Å². The van der Waals surface area contributed by atoms with Gasteiger partial charge in [0.2, 0.25) is 5.91 Å². The highest BCUT2D eigenvalue weighted by molar-refractivity contribution is 8.00. The zero-order valence-electron chi connectivity index (χ0n) is 8.82. The van der Waals surface area contributed by atoms with Crippen molar-refractivity contribution in [1.82, 2.24) is 10.2 Å². The Morgan fingerprint density at radius 3 is 2.86 bits per heavy atom. The number of hydrogen-bond acceptors (Lipinski definition) is 3. The molecule has 2 aliphatic rings. The van der Waals surface area contributed by atoms with Crippen molar-refractivity contribution in [2.75, 3.05) is 12.3 Å². The molecule has 0 spiro atoms. The Bertz CT molecular complexity index is 228. The number of rotatable bonds is 2. The normalized spacial score (nSPS) is 38.3. The standard InChI is InChI=1S/C10H18N2OS/c1-7-10(13)12(8(2)11-7)6-9-4-3-5-14-9/h7-9,11H,3-6H2,1-2H3. The van der Waals surface area contributed by atoms with E-state index < -0.39 is 0 Å². The fourth-order valence-electron chi connectivity index (χ4n) is 2.22. The molecule has 0 radical (unpaired) electrons.